The largest absolute Gasteiger partial charge is 0.382 e. The van der Waals surface area contributed by atoms with E-state index in [1.807, 2.05) is 28.8 Å². The van der Waals surface area contributed by atoms with Crippen molar-refractivity contribution < 1.29 is 0 Å². The Balaban J connectivity index is 2.22. The second kappa shape index (κ2) is 3.30. The number of aromatic nitrogens is 4. The maximum Gasteiger partial charge on any atom is 0.157 e. The van der Waals surface area contributed by atoms with Gasteiger partial charge >= 0.3 is 0 Å². The van der Waals surface area contributed by atoms with E-state index in [1.54, 1.807) is 12.5 Å². The molecule has 0 spiro atoms. The van der Waals surface area contributed by atoms with Crippen molar-refractivity contribution in [2.45, 2.75) is 0 Å². The second-order valence-electron chi connectivity index (χ2n) is 3.40. The van der Waals surface area contributed by atoms with Gasteiger partial charge in [-0.3, -0.25) is 4.57 Å². The molecule has 2 N–H and O–H groups in total. The molecular weight excluding hydrogens is 202 g/mol. The fourth-order valence-electron chi connectivity index (χ4n) is 1.60. The predicted octanol–water partition coefficient (Wildman–Crippen LogP) is 1.40. The molecular formula is C11H9N5. The van der Waals surface area contributed by atoms with E-state index < -0.39 is 0 Å². The number of hydrogen-bond donors (Lipinski definition) is 1. The molecule has 5 heteroatoms. The Morgan fingerprint density at radius 1 is 1.00 bits per heavy atom. The van der Waals surface area contributed by atoms with Crippen LogP contribution in [0.15, 0.2) is 43.0 Å². The van der Waals surface area contributed by atoms with Crippen LogP contribution in [0.4, 0.5) is 5.82 Å². The van der Waals surface area contributed by atoms with Gasteiger partial charge < -0.3 is 5.73 Å². The molecule has 0 saturated heterocycles. The van der Waals surface area contributed by atoms with Crippen LogP contribution in [0.5, 0.6) is 0 Å². The highest BCUT2D eigenvalue weighted by Gasteiger charge is 2.04. The van der Waals surface area contributed by atoms with Gasteiger partial charge in [0.05, 0.1) is 23.4 Å². The van der Waals surface area contributed by atoms with Crippen LogP contribution in [0, 0.1) is 0 Å². The van der Waals surface area contributed by atoms with E-state index in [0.717, 1.165) is 11.0 Å². The van der Waals surface area contributed by atoms with Crippen molar-refractivity contribution in [3.8, 4) is 5.82 Å². The smallest absolute Gasteiger partial charge is 0.157 e. The van der Waals surface area contributed by atoms with Crippen molar-refractivity contribution >= 4 is 16.9 Å². The molecule has 2 heterocycles. The highest BCUT2D eigenvalue weighted by molar-refractivity contribution is 5.76. The molecule has 5 nitrogen and oxygen atoms in total. The van der Waals surface area contributed by atoms with Crippen molar-refractivity contribution in [1.29, 1.82) is 0 Å². The Labute approximate surface area is 91.6 Å². The molecule has 0 fully saturated rings. The molecule has 3 rings (SSSR count). The van der Waals surface area contributed by atoms with E-state index >= 15 is 0 Å². The summed E-state index contributed by atoms with van der Waals surface area (Å²) in [6, 6.07) is 7.86. The number of fused-ring (bicyclic) bond motifs is 1. The third-order valence-electron chi connectivity index (χ3n) is 2.36. The molecule has 0 amide bonds. The van der Waals surface area contributed by atoms with Crippen LogP contribution < -0.4 is 5.73 Å². The van der Waals surface area contributed by atoms with Crippen LogP contribution in [-0.4, -0.2) is 19.5 Å². The number of rotatable bonds is 1. The third kappa shape index (κ3) is 1.30. The molecule has 0 aliphatic rings. The maximum atomic E-state index is 5.49. The van der Waals surface area contributed by atoms with Gasteiger partial charge in [0.2, 0.25) is 0 Å². The summed E-state index contributed by atoms with van der Waals surface area (Å²) in [5.41, 5.74) is 7.43. The van der Waals surface area contributed by atoms with Crippen LogP contribution in [0.25, 0.3) is 16.9 Å². The zero-order chi connectivity index (χ0) is 11.0. The molecule has 0 saturated carbocycles. The Kier molecular flexibility index (Phi) is 1.83. The molecule has 0 atom stereocenters. The lowest BCUT2D eigenvalue weighted by molar-refractivity contribution is 0.999. The minimum atomic E-state index is 0.410. The number of imidazole rings is 1. The summed E-state index contributed by atoms with van der Waals surface area (Å²) in [6.45, 7) is 0. The minimum Gasteiger partial charge on any atom is -0.382 e. The van der Waals surface area contributed by atoms with Crippen molar-refractivity contribution in [2.24, 2.45) is 0 Å². The first kappa shape index (κ1) is 8.84. The van der Waals surface area contributed by atoms with Gasteiger partial charge in [-0.25, -0.2) is 15.0 Å². The molecule has 0 aliphatic heterocycles. The third-order valence-corrected chi connectivity index (χ3v) is 2.36. The van der Waals surface area contributed by atoms with Crippen molar-refractivity contribution in [3.05, 3.63) is 43.0 Å². The van der Waals surface area contributed by atoms with Crippen molar-refractivity contribution in [2.75, 3.05) is 5.73 Å². The van der Waals surface area contributed by atoms with Crippen LogP contribution in [0.3, 0.4) is 0 Å². The lowest BCUT2D eigenvalue weighted by Gasteiger charge is -2.02. The average Bonchev–Trinajstić information content (AvgIpc) is 2.74. The van der Waals surface area contributed by atoms with Gasteiger partial charge in [0.1, 0.15) is 12.1 Å². The van der Waals surface area contributed by atoms with Crippen LogP contribution in [0.2, 0.25) is 0 Å². The molecule has 0 unspecified atom stereocenters. The normalized spacial score (nSPS) is 10.8. The van der Waals surface area contributed by atoms with Crippen molar-refractivity contribution in [1.82, 2.24) is 19.5 Å². The zero-order valence-corrected chi connectivity index (χ0v) is 8.41. The number of nitrogens with zero attached hydrogens (tertiary/aromatic N) is 4. The Hall–Kier alpha value is -2.43. The van der Waals surface area contributed by atoms with E-state index in [9.17, 15) is 0 Å². The first-order valence-electron chi connectivity index (χ1n) is 4.84. The quantitative estimate of drug-likeness (QED) is 0.660. The number of nitrogen functional groups attached to an aromatic ring is 1. The number of nitrogens with two attached hydrogens (primary N) is 1. The molecule has 0 radical (unpaired) electrons. The summed E-state index contributed by atoms with van der Waals surface area (Å²) in [5, 5.41) is 0. The second-order valence-corrected chi connectivity index (χ2v) is 3.40. The number of hydrogen-bond acceptors (Lipinski definition) is 4. The van der Waals surface area contributed by atoms with Crippen molar-refractivity contribution in [3.63, 3.8) is 0 Å². The fourth-order valence-corrected chi connectivity index (χ4v) is 1.60. The Bertz CT molecular complexity index is 626. The van der Waals surface area contributed by atoms with Crippen LogP contribution in [-0.2, 0) is 0 Å². The fraction of sp³-hybridized carbons (Fsp3) is 0. The van der Waals surface area contributed by atoms with Gasteiger partial charge in [-0.1, -0.05) is 12.1 Å². The first-order valence-corrected chi connectivity index (χ1v) is 4.84. The number of anilines is 1. The standard InChI is InChI=1S/C11H9N5/c12-10-5-14-11(6-13-10)16-7-15-8-3-1-2-4-9(8)16/h1-7H,(H2,12,13). The summed E-state index contributed by atoms with van der Waals surface area (Å²) < 4.78 is 1.88. The molecule has 78 valence electrons. The van der Waals surface area contributed by atoms with Gasteiger partial charge in [0.25, 0.3) is 0 Å². The molecule has 0 aliphatic carbocycles. The first-order chi connectivity index (χ1) is 7.84. The van der Waals surface area contributed by atoms with Crippen LogP contribution >= 0.6 is 0 Å². The van der Waals surface area contributed by atoms with Gasteiger partial charge in [-0.15, -0.1) is 0 Å². The SMILES string of the molecule is Nc1cnc(-n2cnc3ccccc32)cn1. The summed E-state index contributed by atoms with van der Waals surface area (Å²) >= 11 is 0. The monoisotopic (exact) mass is 211 g/mol. The number of para-hydroxylation sites is 2. The number of benzene rings is 1. The van der Waals surface area contributed by atoms with E-state index in [4.69, 9.17) is 5.73 Å². The molecule has 1 aromatic carbocycles. The Morgan fingerprint density at radius 2 is 1.88 bits per heavy atom. The molecule has 2 aromatic heterocycles. The molecule has 0 bridgehead atoms. The highest BCUT2D eigenvalue weighted by Crippen LogP contribution is 2.15. The average molecular weight is 211 g/mol. The summed E-state index contributed by atoms with van der Waals surface area (Å²) in [7, 11) is 0. The van der Waals surface area contributed by atoms with E-state index in [-0.39, 0.29) is 0 Å². The van der Waals surface area contributed by atoms with Gasteiger partial charge in [-0.2, -0.15) is 0 Å². The highest BCUT2D eigenvalue weighted by atomic mass is 15.1. The summed E-state index contributed by atoms with van der Waals surface area (Å²) in [5.74, 6) is 1.12. The van der Waals surface area contributed by atoms with Gasteiger partial charge in [0, 0.05) is 0 Å². The topological polar surface area (TPSA) is 69.6 Å². The lowest BCUT2D eigenvalue weighted by Crippen LogP contribution is -1.98. The zero-order valence-electron chi connectivity index (χ0n) is 8.41. The van der Waals surface area contributed by atoms with Crippen LogP contribution in [0.1, 0.15) is 0 Å². The van der Waals surface area contributed by atoms with E-state index in [0.29, 0.717) is 11.6 Å². The van der Waals surface area contributed by atoms with Gasteiger partial charge in [-0.05, 0) is 12.1 Å². The van der Waals surface area contributed by atoms with E-state index in [1.165, 1.54) is 6.20 Å². The van der Waals surface area contributed by atoms with Gasteiger partial charge in [0.15, 0.2) is 5.82 Å². The maximum absolute atomic E-state index is 5.49. The summed E-state index contributed by atoms with van der Waals surface area (Å²) in [4.78, 5) is 12.5. The van der Waals surface area contributed by atoms with E-state index in [2.05, 4.69) is 15.0 Å². The molecule has 3 aromatic rings. The lowest BCUT2D eigenvalue weighted by atomic mass is 10.3. The summed E-state index contributed by atoms with van der Waals surface area (Å²) in [6.07, 6.45) is 4.89. The Morgan fingerprint density at radius 3 is 2.69 bits per heavy atom. The molecule has 16 heavy (non-hydrogen) atoms. The minimum absolute atomic E-state index is 0.410. The predicted molar refractivity (Wildman–Crippen MR) is 61.1 cm³/mol.